The highest BCUT2D eigenvalue weighted by Gasteiger charge is 2.22. The second-order valence-corrected chi connectivity index (χ2v) is 5.29. The minimum Gasteiger partial charge on any atom is -0.349 e. The first kappa shape index (κ1) is 14.0. The van der Waals surface area contributed by atoms with E-state index in [0.29, 0.717) is 6.04 Å². The number of rotatable bonds is 3. The van der Waals surface area contributed by atoms with Gasteiger partial charge in [-0.2, -0.15) is 0 Å². The highest BCUT2D eigenvalue weighted by atomic mass is 19.1. The lowest BCUT2D eigenvalue weighted by molar-refractivity contribution is 0.0920. The third-order valence-electron chi connectivity index (χ3n) is 3.84. The predicted octanol–water partition coefficient (Wildman–Crippen LogP) is 2.39. The van der Waals surface area contributed by atoms with Crippen LogP contribution in [-0.2, 0) is 0 Å². The summed E-state index contributed by atoms with van der Waals surface area (Å²) in [5.74, 6) is -0.749. The summed E-state index contributed by atoms with van der Waals surface area (Å²) >= 11 is 0. The Kier molecular flexibility index (Phi) is 4.53. The molecule has 1 saturated carbocycles. The molecule has 1 aromatic carbocycles. The average Bonchev–Trinajstić information content (AvgIpc) is 2.42. The quantitative estimate of drug-likeness (QED) is 0.880. The van der Waals surface area contributed by atoms with Crippen molar-refractivity contribution in [2.45, 2.75) is 44.7 Å². The van der Waals surface area contributed by atoms with Gasteiger partial charge in [0.2, 0.25) is 0 Å². The summed E-state index contributed by atoms with van der Waals surface area (Å²) in [6, 6.07) is 5.33. The molecule has 0 radical (unpaired) electrons. The van der Waals surface area contributed by atoms with Crippen molar-refractivity contribution in [3.63, 3.8) is 0 Å². The molecule has 2 rings (SSSR count). The molecule has 0 bridgehead atoms. The molecule has 0 saturated heterocycles. The Morgan fingerprint density at radius 1 is 1.21 bits per heavy atom. The molecular formula is C15H21FN2O. The largest absolute Gasteiger partial charge is 0.349 e. The summed E-state index contributed by atoms with van der Waals surface area (Å²) in [4.78, 5) is 12.1. The zero-order chi connectivity index (χ0) is 13.8. The number of nitrogens with one attached hydrogen (secondary N) is 2. The van der Waals surface area contributed by atoms with Crippen molar-refractivity contribution in [2.24, 2.45) is 0 Å². The van der Waals surface area contributed by atoms with E-state index in [1.807, 2.05) is 14.0 Å². The van der Waals surface area contributed by atoms with Crippen LogP contribution in [0.3, 0.4) is 0 Å². The van der Waals surface area contributed by atoms with Gasteiger partial charge in [-0.25, -0.2) is 4.39 Å². The number of carbonyl (C=O) groups is 1. The van der Waals surface area contributed by atoms with Crippen molar-refractivity contribution in [1.29, 1.82) is 0 Å². The van der Waals surface area contributed by atoms with Gasteiger partial charge < -0.3 is 10.6 Å². The van der Waals surface area contributed by atoms with Gasteiger partial charge in [0.25, 0.3) is 5.91 Å². The molecule has 3 nitrogen and oxygen atoms in total. The summed E-state index contributed by atoms with van der Waals surface area (Å²) in [5.41, 5.74) is 1.04. The zero-order valence-electron chi connectivity index (χ0n) is 11.5. The second kappa shape index (κ2) is 6.15. The number of benzene rings is 1. The van der Waals surface area contributed by atoms with Crippen LogP contribution in [0, 0.1) is 12.7 Å². The monoisotopic (exact) mass is 264 g/mol. The van der Waals surface area contributed by atoms with Crippen LogP contribution in [0.5, 0.6) is 0 Å². The van der Waals surface area contributed by atoms with E-state index in [1.54, 1.807) is 12.1 Å². The molecule has 1 aliphatic carbocycles. The number of amides is 1. The third kappa shape index (κ3) is 3.53. The van der Waals surface area contributed by atoms with Crippen LogP contribution < -0.4 is 10.6 Å². The molecule has 0 aromatic heterocycles. The first-order valence-corrected chi connectivity index (χ1v) is 6.84. The van der Waals surface area contributed by atoms with Gasteiger partial charge in [-0.05, 0) is 51.8 Å². The van der Waals surface area contributed by atoms with E-state index in [0.717, 1.165) is 31.2 Å². The normalized spacial score (nSPS) is 23.1. The Bertz CT molecular complexity index is 453. The van der Waals surface area contributed by atoms with E-state index in [1.165, 1.54) is 6.07 Å². The van der Waals surface area contributed by atoms with Gasteiger partial charge >= 0.3 is 0 Å². The number of aryl methyl sites for hydroxylation is 1. The molecule has 1 aliphatic rings. The standard InChI is InChI=1S/C15H21FN2O/c1-10-3-8-14(16)13(9-10)15(19)18-12-6-4-11(17-2)5-7-12/h3,8-9,11-12,17H,4-7H2,1-2H3,(H,18,19). The van der Waals surface area contributed by atoms with Crippen LogP contribution in [0.1, 0.15) is 41.6 Å². The fourth-order valence-corrected chi connectivity index (χ4v) is 2.60. The second-order valence-electron chi connectivity index (χ2n) is 5.29. The molecule has 0 aliphatic heterocycles. The van der Waals surface area contributed by atoms with Crippen LogP contribution in [0.4, 0.5) is 4.39 Å². The van der Waals surface area contributed by atoms with Crippen molar-refractivity contribution in [1.82, 2.24) is 10.6 Å². The van der Waals surface area contributed by atoms with Crippen molar-refractivity contribution in [3.05, 3.63) is 35.1 Å². The van der Waals surface area contributed by atoms with Crippen LogP contribution in [0.25, 0.3) is 0 Å². The van der Waals surface area contributed by atoms with Gasteiger partial charge in [0.05, 0.1) is 5.56 Å². The first-order chi connectivity index (χ1) is 9.10. The summed E-state index contributed by atoms with van der Waals surface area (Å²) in [6.07, 6.45) is 4.00. The molecule has 0 heterocycles. The minimum atomic E-state index is -0.452. The molecule has 1 fully saturated rings. The zero-order valence-corrected chi connectivity index (χ0v) is 11.5. The van der Waals surface area contributed by atoms with E-state index >= 15 is 0 Å². The van der Waals surface area contributed by atoms with Gasteiger partial charge in [0.1, 0.15) is 5.82 Å². The van der Waals surface area contributed by atoms with Crippen LogP contribution in [-0.4, -0.2) is 25.0 Å². The van der Waals surface area contributed by atoms with Gasteiger partial charge in [-0.3, -0.25) is 4.79 Å². The lowest BCUT2D eigenvalue weighted by Crippen LogP contribution is -2.41. The fourth-order valence-electron chi connectivity index (χ4n) is 2.60. The van der Waals surface area contributed by atoms with Gasteiger partial charge in [0, 0.05) is 12.1 Å². The Hall–Kier alpha value is -1.42. The lowest BCUT2D eigenvalue weighted by atomic mass is 9.91. The molecule has 0 spiro atoms. The van der Waals surface area contributed by atoms with E-state index in [4.69, 9.17) is 0 Å². The highest BCUT2D eigenvalue weighted by Crippen LogP contribution is 2.19. The molecule has 1 aromatic rings. The Morgan fingerprint density at radius 2 is 1.84 bits per heavy atom. The van der Waals surface area contributed by atoms with Crippen molar-refractivity contribution >= 4 is 5.91 Å². The van der Waals surface area contributed by atoms with Crippen LogP contribution in [0.15, 0.2) is 18.2 Å². The van der Waals surface area contributed by atoms with E-state index in [2.05, 4.69) is 10.6 Å². The Morgan fingerprint density at radius 3 is 2.47 bits per heavy atom. The highest BCUT2D eigenvalue weighted by molar-refractivity contribution is 5.94. The smallest absolute Gasteiger partial charge is 0.254 e. The van der Waals surface area contributed by atoms with Crippen LogP contribution >= 0.6 is 0 Å². The molecular weight excluding hydrogens is 243 g/mol. The summed E-state index contributed by atoms with van der Waals surface area (Å²) in [5, 5.41) is 6.19. The number of carbonyl (C=O) groups excluding carboxylic acids is 1. The summed E-state index contributed by atoms with van der Waals surface area (Å²) < 4.78 is 13.6. The molecule has 104 valence electrons. The maximum Gasteiger partial charge on any atom is 0.254 e. The summed E-state index contributed by atoms with van der Waals surface area (Å²) in [6.45, 7) is 1.86. The molecule has 0 atom stereocenters. The Labute approximate surface area is 113 Å². The number of hydrogen-bond acceptors (Lipinski definition) is 2. The van der Waals surface area contributed by atoms with E-state index in [9.17, 15) is 9.18 Å². The minimum absolute atomic E-state index is 0.149. The van der Waals surface area contributed by atoms with Crippen molar-refractivity contribution in [3.8, 4) is 0 Å². The first-order valence-electron chi connectivity index (χ1n) is 6.84. The third-order valence-corrected chi connectivity index (χ3v) is 3.84. The van der Waals surface area contributed by atoms with Gasteiger partial charge in [-0.1, -0.05) is 11.6 Å². The van der Waals surface area contributed by atoms with Crippen LogP contribution in [0.2, 0.25) is 0 Å². The number of hydrogen-bond donors (Lipinski definition) is 2. The Balaban J connectivity index is 1.96. The van der Waals surface area contributed by atoms with E-state index < -0.39 is 5.82 Å². The lowest BCUT2D eigenvalue weighted by Gasteiger charge is -2.28. The molecule has 19 heavy (non-hydrogen) atoms. The maximum absolute atomic E-state index is 13.6. The van der Waals surface area contributed by atoms with Gasteiger partial charge in [-0.15, -0.1) is 0 Å². The number of halogens is 1. The average molecular weight is 264 g/mol. The summed E-state index contributed by atoms with van der Waals surface area (Å²) in [7, 11) is 1.96. The van der Waals surface area contributed by atoms with Crippen molar-refractivity contribution in [2.75, 3.05) is 7.05 Å². The molecule has 2 N–H and O–H groups in total. The predicted molar refractivity (Wildman–Crippen MR) is 73.7 cm³/mol. The topological polar surface area (TPSA) is 41.1 Å². The maximum atomic E-state index is 13.6. The van der Waals surface area contributed by atoms with Gasteiger partial charge in [0.15, 0.2) is 0 Å². The SMILES string of the molecule is CNC1CCC(NC(=O)c2cc(C)ccc2F)CC1. The molecule has 4 heteroatoms. The van der Waals surface area contributed by atoms with E-state index in [-0.39, 0.29) is 17.5 Å². The molecule has 0 unspecified atom stereocenters. The molecule has 1 amide bonds. The van der Waals surface area contributed by atoms with Crippen molar-refractivity contribution < 1.29 is 9.18 Å². The fraction of sp³-hybridized carbons (Fsp3) is 0.533.